The molecule has 0 N–H and O–H groups in total. The Kier molecular flexibility index (Phi) is 9.41. The van der Waals surface area contributed by atoms with Gasteiger partial charge < -0.3 is 4.43 Å². The fourth-order valence-corrected chi connectivity index (χ4v) is 4.32. The summed E-state index contributed by atoms with van der Waals surface area (Å²) in [6.07, 6.45) is 7.22. The summed E-state index contributed by atoms with van der Waals surface area (Å²) in [6, 6.07) is 2.68. The first-order valence-electron chi connectivity index (χ1n) is 6.00. The molecule has 0 aliphatic carbocycles. The van der Waals surface area contributed by atoms with Gasteiger partial charge in [0, 0.05) is 6.10 Å². The molecule has 1 atom stereocenters. The molecule has 0 amide bonds. The van der Waals surface area contributed by atoms with Crippen molar-refractivity contribution < 1.29 is 4.43 Å². The van der Waals surface area contributed by atoms with Crippen molar-refractivity contribution in [3.05, 3.63) is 12.7 Å². The van der Waals surface area contributed by atoms with E-state index in [1.807, 2.05) is 6.08 Å². The summed E-state index contributed by atoms with van der Waals surface area (Å²) in [5.41, 5.74) is 0. The minimum Gasteiger partial charge on any atom is -0.417 e. The van der Waals surface area contributed by atoms with Crippen molar-refractivity contribution in [2.24, 2.45) is 0 Å². The predicted octanol–water partition coefficient (Wildman–Crippen LogP) is 3.90. The van der Waals surface area contributed by atoms with E-state index >= 15 is 0 Å². The molecule has 2 heteroatoms. The maximum Gasteiger partial charge on any atom is 0.177 e. The number of rotatable bonds is 9. The van der Waals surface area contributed by atoms with Gasteiger partial charge in [-0.05, 0) is 31.9 Å². The van der Waals surface area contributed by atoms with Gasteiger partial charge in [0.2, 0.25) is 0 Å². The van der Waals surface area contributed by atoms with Gasteiger partial charge in [-0.3, -0.25) is 0 Å². The van der Waals surface area contributed by atoms with Crippen molar-refractivity contribution in [1.82, 2.24) is 0 Å². The van der Waals surface area contributed by atoms with Crippen LogP contribution >= 0.6 is 0 Å². The molecule has 1 unspecified atom stereocenters. The van der Waals surface area contributed by atoms with Gasteiger partial charge in [0.1, 0.15) is 0 Å². The quantitative estimate of drug-likeness (QED) is 0.418. The maximum atomic E-state index is 6.12. The molecule has 0 saturated heterocycles. The van der Waals surface area contributed by atoms with E-state index in [4.69, 9.17) is 4.43 Å². The Hall–Kier alpha value is -0.0831. The van der Waals surface area contributed by atoms with Gasteiger partial charge in [-0.25, -0.2) is 0 Å². The van der Waals surface area contributed by atoms with Crippen LogP contribution in [-0.2, 0) is 4.43 Å². The molecule has 0 rings (SSSR count). The minimum atomic E-state index is -0.869. The van der Waals surface area contributed by atoms with E-state index in [1.54, 1.807) is 0 Å². The van der Waals surface area contributed by atoms with Crippen LogP contribution in [0.2, 0.25) is 12.1 Å². The van der Waals surface area contributed by atoms with E-state index < -0.39 is 9.04 Å². The summed E-state index contributed by atoms with van der Waals surface area (Å²) < 4.78 is 6.12. The van der Waals surface area contributed by atoms with Gasteiger partial charge in [-0.15, -0.1) is 6.58 Å². The summed E-state index contributed by atoms with van der Waals surface area (Å²) in [5, 5.41) is 0. The van der Waals surface area contributed by atoms with Crippen LogP contribution in [0.3, 0.4) is 0 Å². The zero-order chi connectivity index (χ0) is 10.8. The molecule has 0 aliphatic rings. The van der Waals surface area contributed by atoms with Crippen LogP contribution in [0.1, 0.15) is 46.5 Å². The summed E-state index contributed by atoms with van der Waals surface area (Å²) in [5.74, 6) is 0. The molecule has 0 aromatic carbocycles. The number of hydrogen-bond acceptors (Lipinski definition) is 1. The Morgan fingerprint density at radius 3 is 2.29 bits per heavy atom. The van der Waals surface area contributed by atoms with E-state index in [0.29, 0.717) is 6.10 Å². The van der Waals surface area contributed by atoms with Gasteiger partial charge in [0.05, 0.1) is 0 Å². The van der Waals surface area contributed by atoms with Crippen molar-refractivity contribution in [2.45, 2.75) is 64.6 Å². The van der Waals surface area contributed by atoms with Crippen LogP contribution in [-0.4, -0.2) is 15.1 Å². The highest BCUT2D eigenvalue weighted by atomic mass is 28.3. The lowest BCUT2D eigenvalue weighted by Crippen LogP contribution is -2.23. The zero-order valence-corrected chi connectivity index (χ0v) is 11.2. The molecule has 14 heavy (non-hydrogen) atoms. The summed E-state index contributed by atoms with van der Waals surface area (Å²) >= 11 is 0. The third-order valence-electron chi connectivity index (χ3n) is 2.42. The molecule has 0 heterocycles. The second kappa shape index (κ2) is 9.47. The van der Waals surface area contributed by atoms with Crippen LogP contribution in [0.15, 0.2) is 12.7 Å². The molecule has 0 aliphatic heterocycles. The van der Waals surface area contributed by atoms with Crippen molar-refractivity contribution in [3.63, 3.8) is 0 Å². The van der Waals surface area contributed by atoms with Gasteiger partial charge in [-0.1, -0.05) is 32.8 Å². The Balaban J connectivity index is 3.69. The SMILES string of the molecule is C=CCCC(C)O[SiH](CCC)CCC. The molecule has 0 aromatic rings. The third-order valence-corrected chi connectivity index (χ3v) is 5.72. The average Bonchev–Trinajstić information content (AvgIpc) is 2.15. The van der Waals surface area contributed by atoms with Crippen LogP contribution in [0.25, 0.3) is 0 Å². The number of hydrogen-bond donors (Lipinski definition) is 0. The first-order chi connectivity index (χ1) is 6.74. The Morgan fingerprint density at radius 1 is 1.29 bits per heavy atom. The molecule has 0 fully saturated rings. The summed E-state index contributed by atoms with van der Waals surface area (Å²) in [4.78, 5) is 0. The molecule has 0 saturated carbocycles. The first-order valence-corrected chi connectivity index (χ1v) is 8.11. The third kappa shape index (κ3) is 7.33. The Morgan fingerprint density at radius 2 is 1.86 bits per heavy atom. The van der Waals surface area contributed by atoms with E-state index in [1.165, 1.54) is 24.9 Å². The van der Waals surface area contributed by atoms with E-state index in [2.05, 4.69) is 27.4 Å². The van der Waals surface area contributed by atoms with E-state index in [0.717, 1.165) is 12.8 Å². The summed E-state index contributed by atoms with van der Waals surface area (Å²) in [6.45, 7) is 10.5. The monoisotopic (exact) mass is 214 g/mol. The van der Waals surface area contributed by atoms with Gasteiger partial charge in [0.15, 0.2) is 9.04 Å². The maximum absolute atomic E-state index is 6.12. The topological polar surface area (TPSA) is 9.23 Å². The highest BCUT2D eigenvalue weighted by molar-refractivity contribution is 6.51. The van der Waals surface area contributed by atoms with Crippen LogP contribution in [0.5, 0.6) is 0 Å². The van der Waals surface area contributed by atoms with Crippen molar-refractivity contribution in [2.75, 3.05) is 0 Å². The highest BCUT2D eigenvalue weighted by Crippen LogP contribution is 2.12. The fraction of sp³-hybridized carbons (Fsp3) is 0.833. The lowest BCUT2D eigenvalue weighted by Gasteiger charge is -2.20. The Bertz CT molecular complexity index is 130. The highest BCUT2D eigenvalue weighted by Gasteiger charge is 2.12. The van der Waals surface area contributed by atoms with Crippen LogP contribution < -0.4 is 0 Å². The molecule has 1 nitrogen and oxygen atoms in total. The molecular weight excluding hydrogens is 188 g/mol. The van der Waals surface area contributed by atoms with Crippen LogP contribution in [0, 0.1) is 0 Å². The molecular formula is C12H26OSi. The van der Waals surface area contributed by atoms with Crippen molar-refractivity contribution in [1.29, 1.82) is 0 Å². The van der Waals surface area contributed by atoms with Gasteiger partial charge in [-0.2, -0.15) is 0 Å². The van der Waals surface area contributed by atoms with Gasteiger partial charge in [0.25, 0.3) is 0 Å². The molecule has 0 spiro atoms. The zero-order valence-electron chi connectivity index (χ0n) is 10.1. The first kappa shape index (κ1) is 13.9. The smallest absolute Gasteiger partial charge is 0.177 e. The summed E-state index contributed by atoms with van der Waals surface area (Å²) in [7, 11) is -0.869. The second-order valence-corrected chi connectivity index (χ2v) is 6.68. The standard InChI is InChI=1S/C12H26OSi/c1-5-8-9-12(4)13-14(10-6-2)11-7-3/h5,12,14H,1,6-11H2,2-4H3. The van der Waals surface area contributed by atoms with Crippen molar-refractivity contribution in [3.8, 4) is 0 Å². The lowest BCUT2D eigenvalue weighted by molar-refractivity contribution is 0.210. The lowest BCUT2D eigenvalue weighted by atomic mass is 10.2. The largest absolute Gasteiger partial charge is 0.417 e. The van der Waals surface area contributed by atoms with Gasteiger partial charge >= 0.3 is 0 Å². The molecule has 0 aromatic heterocycles. The molecule has 84 valence electrons. The Labute approximate surface area is 91.3 Å². The molecule has 0 bridgehead atoms. The normalized spacial score (nSPS) is 13.1. The minimum absolute atomic E-state index is 0.447. The fourth-order valence-electron chi connectivity index (χ4n) is 1.67. The van der Waals surface area contributed by atoms with Crippen molar-refractivity contribution >= 4 is 9.04 Å². The number of allylic oxidation sites excluding steroid dienone is 1. The van der Waals surface area contributed by atoms with E-state index in [9.17, 15) is 0 Å². The van der Waals surface area contributed by atoms with Crippen LogP contribution in [0.4, 0.5) is 0 Å². The predicted molar refractivity (Wildman–Crippen MR) is 67.3 cm³/mol. The second-order valence-electron chi connectivity index (χ2n) is 4.01. The molecule has 0 radical (unpaired) electrons. The van der Waals surface area contributed by atoms with E-state index in [-0.39, 0.29) is 0 Å². The average molecular weight is 214 g/mol.